The average Bonchev–Trinajstić information content (AvgIpc) is 3.19. The van der Waals surface area contributed by atoms with E-state index >= 15 is 0 Å². The smallest absolute Gasteiger partial charge is 0.259 e. The SMILES string of the molecule is Cc1cc2c(c(=O)n1Cc1ccccn1)[C@H](c1ccco1)C(C#N)=C(N)O2. The molecule has 27 heavy (non-hydrogen) atoms. The van der Waals surface area contributed by atoms with Crippen LogP contribution in [0.5, 0.6) is 5.75 Å². The number of aryl methyl sites for hydroxylation is 1. The summed E-state index contributed by atoms with van der Waals surface area (Å²) in [6.07, 6.45) is 3.18. The van der Waals surface area contributed by atoms with Gasteiger partial charge < -0.3 is 19.5 Å². The number of aromatic nitrogens is 2. The lowest BCUT2D eigenvalue weighted by atomic mass is 9.88. The fraction of sp³-hybridized carbons (Fsp3) is 0.150. The number of nitrogens with zero attached hydrogens (tertiary/aromatic N) is 3. The highest BCUT2D eigenvalue weighted by atomic mass is 16.5. The van der Waals surface area contributed by atoms with Gasteiger partial charge in [0.1, 0.15) is 23.2 Å². The normalized spacial score (nSPS) is 15.8. The predicted octanol–water partition coefficient (Wildman–Crippen LogP) is 2.41. The van der Waals surface area contributed by atoms with Gasteiger partial charge in [-0.3, -0.25) is 9.78 Å². The lowest BCUT2D eigenvalue weighted by molar-refractivity contribution is 0.379. The Morgan fingerprint density at radius 2 is 2.19 bits per heavy atom. The monoisotopic (exact) mass is 360 g/mol. The Morgan fingerprint density at radius 3 is 2.85 bits per heavy atom. The van der Waals surface area contributed by atoms with E-state index in [0.29, 0.717) is 29.3 Å². The van der Waals surface area contributed by atoms with Crippen molar-refractivity contribution < 1.29 is 9.15 Å². The maximum atomic E-state index is 13.4. The van der Waals surface area contributed by atoms with Gasteiger partial charge in [0.15, 0.2) is 0 Å². The van der Waals surface area contributed by atoms with E-state index in [9.17, 15) is 10.1 Å². The molecular weight excluding hydrogens is 344 g/mol. The summed E-state index contributed by atoms with van der Waals surface area (Å²) in [5, 5.41) is 9.58. The minimum atomic E-state index is -0.711. The fourth-order valence-electron chi connectivity index (χ4n) is 3.28. The van der Waals surface area contributed by atoms with Gasteiger partial charge in [-0.25, -0.2) is 0 Å². The molecule has 0 unspecified atom stereocenters. The first kappa shape index (κ1) is 16.7. The summed E-state index contributed by atoms with van der Waals surface area (Å²) in [6, 6.07) is 12.8. The Balaban J connectivity index is 1.92. The van der Waals surface area contributed by atoms with E-state index in [0.717, 1.165) is 5.69 Å². The van der Waals surface area contributed by atoms with Crippen molar-refractivity contribution in [3.05, 3.63) is 93.4 Å². The fourth-order valence-corrected chi connectivity index (χ4v) is 3.28. The maximum Gasteiger partial charge on any atom is 0.259 e. The molecule has 7 nitrogen and oxygen atoms in total. The van der Waals surface area contributed by atoms with Gasteiger partial charge in [0.2, 0.25) is 5.88 Å². The third kappa shape index (κ3) is 2.77. The van der Waals surface area contributed by atoms with Crippen molar-refractivity contribution in [3.8, 4) is 11.8 Å². The maximum absolute atomic E-state index is 13.4. The average molecular weight is 360 g/mol. The highest BCUT2D eigenvalue weighted by molar-refractivity contribution is 5.53. The molecule has 4 rings (SSSR count). The zero-order valence-corrected chi connectivity index (χ0v) is 14.5. The molecular formula is C20H16N4O3. The highest BCUT2D eigenvalue weighted by Gasteiger charge is 2.36. The molecule has 134 valence electrons. The van der Waals surface area contributed by atoms with Crippen molar-refractivity contribution in [2.45, 2.75) is 19.4 Å². The van der Waals surface area contributed by atoms with Crippen LogP contribution >= 0.6 is 0 Å². The third-order valence-electron chi connectivity index (χ3n) is 4.56. The second kappa shape index (κ2) is 6.50. The van der Waals surface area contributed by atoms with Gasteiger partial charge in [-0.2, -0.15) is 5.26 Å². The number of pyridine rings is 2. The van der Waals surface area contributed by atoms with E-state index in [-0.39, 0.29) is 17.0 Å². The lowest BCUT2D eigenvalue weighted by Gasteiger charge is -2.25. The number of hydrogen-bond acceptors (Lipinski definition) is 6. The van der Waals surface area contributed by atoms with E-state index < -0.39 is 5.92 Å². The number of nitrogens with two attached hydrogens (primary N) is 1. The first-order valence-corrected chi connectivity index (χ1v) is 8.35. The number of hydrogen-bond donors (Lipinski definition) is 1. The molecule has 7 heteroatoms. The Labute approximate surface area is 154 Å². The second-order valence-corrected chi connectivity index (χ2v) is 6.22. The molecule has 2 N–H and O–H groups in total. The number of nitriles is 1. The first-order valence-electron chi connectivity index (χ1n) is 8.35. The van der Waals surface area contributed by atoms with Crippen LogP contribution in [0.2, 0.25) is 0 Å². The zero-order chi connectivity index (χ0) is 19.0. The van der Waals surface area contributed by atoms with Crippen LogP contribution in [0.15, 0.2) is 69.5 Å². The van der Waals surface area contributed by atoms with Crippen molar-refractivity contribution in [1.29, 1.82) is 5.26 Å². The van der Waals surface area contributed by atoms with Crippen molar-refractivity contribution in [1.82, 2.24) is 9.55 Å². The summed E-state index contributed by atoms with van der Waals surface area (Å²) < 4.78 is 12.7. The van der Waals surface area contributed by atoms with Gasteiger partial charge in [0.05, 0.1) is 30.0 Å². The lowest BCUT2D eigenvalue weighted by Crippen LogP contribution is -2.33. The molecule has 0 saturated carbocycles. The number of allylic oxidation sites excluding steroid dienone is 1. The molecule has 0 fully saturated rings. The molecule has 3 aromatic rings. The standard InChI is InChI=1S/C20H16N4O3/c1-12-9-16-18(20(25)24(12)11-13-5-2-3-7-23-13)17(15-6-4-8-26-15)14(10-21)19(22)27-16/h2-9,17H,11,22H2,1H3/t17-/m0/s1. The van der Waals surface area contributed by atoms with Crippen molar-refractivity contribution >= 4 is 0 Å². The Hall–Kier alpha value is -3.79. The molecule has 3 aromatic heterocycles. The molecule has 0 aliphatic carbocycles. The van der Waals surface area contributed by atoms with Gasteiger partial charge >= 0.3 is 0 Å². The van der Waals surface area contributed by atoms with E-state index in [4.69, 9.17) is 14.9 Å². The first-order chi connectivity index (χ1) is 13.1. The van der Waals surface area contributed by atoms with Crippen LogP contribution in [0.3, 0.4) is 0 Å². The summed E-state index contributed by atoms with van der Waals surface area (Å²) in [5.41, 5.74) is 7.62. The van der Waals surface area contributed by atoms with Crippen LogP contribution < -0.4 is 16.0 Å². The van der Waals surface area contributed by atoms with Gasteiger partial charge in [-0.1, -0.05) is 6.07 Å². The molecule has 1 aliphatic heterocycles. The van der Waals surface area contributed by atoms with Gasteiger partial charge in [0.25, 0.3) is 5.56 Å². The molecule has 0 radical (unpaired) electrons. The van der Waals surface area contributed by atoms with E-state index in [1.165, 1.54) is 6.26 Å². The second-order valence-electron chi connectivity index (χ2n) is 6.22. The number of rotatable bonds is 3. The van der Waals surface area contributed by atoms with Crippen molar-refractivity contribution in [2.24, 2.45) is 5.73 Å². The highest BCUT2D eigenvalue weighted by Crippen LogP contribution is 2.40. The van der Waals surface area contributed by atoms with Gasteiger partial charge in [0, 0.05) is 18.0 Å². The molecule has 0 amide bonds. The summed E-state index contributed by atoms with van der Waals surface area (Å²) in [6.45, 7) is 2.13. The Bertz CT molecular complexity index is 1120. The predicted molar refractivity (Wildman–Crippen MR) is 96.8 cm³/mol. The van der Waals surface area contributed by atoms with Crippen LogP contribution in [-0.2, 0) is 6.54 Å². The topological polar surface area (TPSA) is 107 Å². The van der Waals surface area contributed by atoms with Crippen molar-refractivity contribution in [2.75, 3.05) is 0 Å². The molecule has 0 bridgehead atoms. The van der Waals surface area contributed by atoms with E-state index in [2.05, 4.69) is 11.1 Å². The van der Waals surface area contributed by atoms with Gasteiger partial charge in [-0.15, -0.1) is 0 Å². The van der Waals surface area contributed by atoms with E-state index in [1.807, 2.05) is 25.1 Å². The number of furan rings is 1. The van der Waals surface area contributed by atoms with Crippen LogP contribution in [0, 0.1) is 18.3 Å². The minimum absolute atomic E-state index is 0.0207. The molecule has 1 atom stereocenters. The third-order valence-corrected chi connectivity index (χ3v) is 4.56. The molecule has 0 saturated heterocycles. The summed E-state index contributed by atoms with van der Waals surface area (Å²) >= 11 is 0. The van der Waals surface area contributed by atoms with Crippen LogP contribution in [0.25, 0.3) is 0 Å². The van der Waals surface area contributed by atoms with Gasteiger partial charge in [-0.05, 0) is 31.2 Å². The van der Waals surface area contributed by atoms with Crippen LogP contribution in [-0.4, -0.2) is 9.55 Å². The summed E-state index contributed by atoms with van der Waals surface area (Å²) in [5.74, 6) is 0.0709. The number of fused-ring (bicyclic) bond motifs is 1. The van der Waals surface area contributed by atoms with E-state index in [1.54, 1.807) is 29.0 Å². The van der Waals surface area contributed by atoms with Crippen molar-refractivity contribution in [3.63, 3.8) is 0 Å². The zero-order valence-electron chi connectivity index (χ0n) is 14.5. The summed E-state index contributed by atoms with van der Waals surface area (Å²) in [4.78, 5) is 17.6. The van der Waals surface area contributed by atoms with Crippen LogP contribution in [0.1, 0.15) is 28.6 Å². The number of ether oxygens (including phenoxy) is 1. The van der Waals surface area contributed by atoms with Crippen LogP contribution in [0.4, 0.5) is 0 Å². The minimum Gasteiger partial charge on any atom is -0.468 e. The largest absolute Gasteiger partial charge is 0.468 e. The Morgan fingerprint density at radius 1 is 1.33 bits per heavy atom. The molecule has 4 heterocycles. The molecule has 1 aliphatic rings. The molecule has 0 spiro atoms. The summed E-state index contributed by atoms with van der Waals surface area (Å²) in [7, 11) is 0. The quantitative estimate of drug-likeness (QED) is 0.768. The molecule has 0 aromatic carbocycles. The Kier molecular flexibility index (Phi) is 4.01.